The molecule has 8 rings (SSSR count). The van der Waals surface area contributed by atoms with E-state index >= 15 is 0 Å². The van der Waals surface area contributed by atoms with Gasteiger partial charge in [0.1, 0.15) is 16.1 Å². The Labute approximate surface area is 304 Å². The largest absolute Gasteiger partial charge is 0.444 e. The van der Waals surface area contributed by atoms with Gasteiger partial charge in [0.2, 0.25) is 0 Å². The predicted octanol–water partition coefficient (Wildman–Crippen LogP) is 7.28. The van der Waals surface area contributed by atoms with Crippen molar-refractivity contribution in [2.45, 2.75) is 115 Å². The van der Waals surface area contributed by atoms with Crippen molar-refractivity contribution in [2.24, 2.45) is 5.41 Å². The number of nitrogens with zero attached hydrogens (tertiary/aromatic N) is 6. The molecule has 2 spiro atoms. The van der Waals surface area contributed by atoms with Crippen LogP contribution in [-0.2, 0) is 19.6 Å². The summed E-state index contributed by atoms with van der Waals surface area (Å²) in [5.74, 6) is 1.15. The smallest absolute Gasteiger partial charge is 0.410 e. The molecule has 272 valence electrons. The molecule has 1 aromatic carbocycles. The van der Waals surface area contributed by atoms with Crippen molar-refractivity contribution >= 4 is 50.2 Å². The van der Waals surface area contributed by atoms with Crippen molar-refractivity contribution in [3.05, 3.63) is 52.8 Å². The van der Waals surface area contributed by atoms with Gasteiger partial charge in [-0.3, -0.25) is 9.48 Å². The molecule has 13 heteroatoms. The number of benzene rings is 1. The van der Waals surface area contributed by atoms with Crippen LogP contribution in [0, 0.1) is 12.3 Å². The zero-order chi connectivity index (χ0) is 36.3. The van der Waals surface area contributed by atoms with E-state index in [2.05, 4.69) is 21.6 Å². The molecule has 5 aliphatic rings. The Morgan fingerprint density at radius 2 is 1.84 bits per heavy atom. The van der Waals surface area contributed by atoms with E-state index in [9.17, 15) is 18.0 Å². The first-order valence-electron chi connectivity index (χ1n) is 18.1. The minimum atomic E-state index is -4.01. The van der Waals surface area contributed by atoms with Gasteiger partial charge in [-0.1, -0.05) is 29.8 Å². The average Bonchev–Trinajstić information content (AvgIpc) is 3.58. The van der Waals surface area contributed by atoms with Gasteiger partial charge in [0.05, 0.1) is 17.8 Å². The Morgan fingerprint density at radius 1 is 1.12 bits per heavy atom. The van der Waals surface area contributed by atoms with Gasteiger partial charge in [-0.2, -0.15) is 14.3 Å². The number of hydrogen-bond acceptors (Lipinski definition) is 8. The van der Waals surface area contributed by atoms with E-state index in [0.29, 0.717) is 60.8 Å². The summed E-state index contributed by atoms with van der Waals surface area (Å²) in [6.07, 6.45) is 11.0. The molecule has 3 aromatic rings. The van der Waals surface area contributed by atoms with Gasteiger partial charge in [0, 0.05) is 65.1 Å². The Balaban J connectivity index is 1.18. The molecule has 0 bridgehead atoms. The first-order chi connectivity index (χ1) is 24.0. The fourth-order valence-corrected chi connectivity index (χ4v) is 11.3. The maximum absolute atomic E-state index is 14.4. The second kappa shape index (κ2) is 11.4. The van der Waals surface area contributed by atoms with E-state index in [0.717, 1.165) is 60.1 Å². The predicted molar refractivity (Wildman–Crippen MR) is 197 cm³/mol. The molecule has 2 aromatic heterocycles. The first-order valence-corrected chi connectivity index (χ1v) is 19.9. The summed E-state index contributed by atoms with van der Waals surface area (Å²) in [6.45, 7) is 13.2. The molecule has 2 saturated carbocycles. The molecule has 3 aliphatic carbocycles. The van der Waals surface area contributed by atoms with Gasteiger partial charge in [-0.15, -0.1) is 0 Å². The van der Waals surface area contributed by atoms with Gasteiger partial charge in [-0.05, 0) is 103 Å². The average molecular weight is 735 g/mol. The van der Waals surface area contributed by atoms with Crippen LogP contribution in [0.5, 0.6) is 0 Å². The lowest BCUT2D eigenvalue weighted by molar-refractivity contribution is -0.122. The minimum absolute atomic E-state index is 0.0580. The Morgan fingerprint density at radius 3 is 2.51 bits per heavy atom. The number of anilines is 1. The third-order valence-corrected chi connectivity index (χ3v) is 15.1. The number of rotatable bonds is 5. The molecule has 4 heterocycles. The summed E-state index contributed by atoms with van der Waals surface area (Å²) in [7, 11) is -4.01. The molecule has 11 nitrogen and oxygen atoms in total. The zero-order valence-electron chi connectivity index (χ0n) is 30.3. The number of allylic oxidation sites excluding steroid dienone is 3. The highest BCUT2D eigenvalue weighted by Gasteiger charge is 2.56. The van der Waals surface area contributed by atoms with Gasteiger partial charge in [0.15, 0.2) is 5.82 Å². The van der Waals surface area contributed by atoms with E-state index in [1.165, 1.54) is 4.09 Å². The fourth-order valence-electron chi connectivity index (χ4n) is 9.18. The number of carbonyl (C=O) groups excluding carboxylic acids is 2. The summed E-state index contributed by atoms with van der Waals surface area (Å²) < 4.78 is 36.4. The van der Waals surface area contributed by atoms with Gasteiger partial charge in [0.25, 0.3) is 10.0 Å². The summed E-state index contributed by atoms with van der Waals surface area (Å²) in [5.41, 5.74) is 3.19. The third kappa shape index (κ3) is 5.21. The fraction of sp³-hybridized carbons (Fsp3) is 0.579. The number of hydrogen-bond donors (Lipinski definition) is 0. The number of ether oxygens (including phenoxy) is 1. The van der Waals surface area contributed by atoms with Crippen molar-refractivity contribution in [1.29, 1.82) is 0 Å². The van der Waals surface area contributed by atoms with Crippen molar-refractivity contribution in [2.75, 3.05) is 24.5 Å². The molecule has 1 atom stereocenters. The number of carbonyl (C=O) groups is 2. The van der Waals surface area contributed by atoms with E-state index < -0.39 is 20.4 Å². The maximum Gasteiger partial charge on any atom is 0.410 e. The number of amides is 1. The lowest BCUT2D eigenvalue weighted by Crippen LogP contribution is -2.64. The molecular formula is C38H47ClN6O5S. The molecule has 1 unspecified atom stereocenters. The van der Waals surface area contributed by atoms with E-state index in [4.69, 9.17) is 21.4 Å². The van der Waals surface area contributed by atoms with E-state index in [-0.39, 0.29) is 23.1 Å². The topological polar surface area (TPSA) is 120 Å². The molecular weight excluding hydrogens is 688 g/mol. The van der Waals surface area contributed by atoms with Crippen LogP contribution in [0.4, 0.5) is 10.6 Å². The van der Waals surface area contributed by atoms with Gasteiger partial charge in [-0.25, -0.2) is 13.2 Å². The molecule has 1 amide bonds. The summed E-state index contributed by atoms with van der Waals surface area (Å²) in [6, 6.07) is 5.88. The number of Topliss-reactive ketones (excluding diaryl/α,β-unsaturated/α-hetero) is 1. The number of ketones is 1. The third-order valence-electron chi connectivity index (χ3n) is 12.3. The maximum atomic E-state index is 14.4. The molecule has 0 radical (unpaired) electrons. The van der Waals surface area contributed by atoms with Crippen LogP contribution in [0.25, 0.3) is 22.0 Å². The minimum Gasteiger partial charge on any atom is -0.444 e. The molecule has 2 saturated heterocycles. The van der Waals surface area contributed by atoms with Crippen molar-refractivity contribution < 1.29 is 22.7 Å². The Bertz CT molecular complexity index is 2140. The van der Waals surface area contributed by atoms with Crippen LogP contribution in [0.1, 0.15) is 97.7 Å². The van der Waals surface area contributed by atoms with E-state index in [1.54, 1.807) is 43.2 Å². The monoisotopic (exact) mass is 734 g/mol. The quantitative estimate of drug-likeness (QED) is 0.268. The van der Waals surface area contributed by atoms with Crippen molar-refractivity contribution in [3.8, 4) is 11.1 Å². The molecule has 51 heavy (non-hydrogen) atoms. The van der Waals surface area contributed by atoms with Crippen LogP contribution in [0.2, 0.25) is 0 Å². The second-order valence-electron chi connectivity index (χ2n) is 16.9. The van der Waals surface area contributed by atoms with Crippen molar-refractivity contribution in [3.63, 3.8) is 0 Å². The van der Waals surface area contributed by atoms with E-state index in [1.807, 2.05) is 32.9 Å². The highest BCUT2D eigenvalue weighted by Crippen LogP contribution is 2.56. The highest BCUT2D eigenvalue weighted by molar-refractivity contribution is 7.91. The first kappa shape index (κ1) is 34.4. The van der Waals surface area contributed by atoms with Crippen LogP contribution >= 0.6 is 11.6 Å². The van der Waals surface area contributed by atoms with Crippen LogP contribution in [-0.4, -0.2) is 79.7 Å². The van der Waals surface area contributed by atoms with Gasteiger partial charge >= 0.3 is 6.09 Å². The van der Waals surface area contributed by atoms with Crippen molar-refractivity contribution in [1.82, 2.24) is 23.9 Å². The number of fused-ring (bicyclic) bond motifs is 1. The highest BCUT2D eigenvalue weighted by atomic mass is 35.5. The molecule has 0 N–H and O–H groups in total. The summed E-state index contributed by atoms with van der Waals surface area (Å²) >= 11 is 6.46. The van der Waals surface area contributed by atoms with Crippen LogP contribution in [0.3, 0.4) is 0 Å². The Hall–Kier alpha value is -3.64. The number of halogens is 1. The summed E-state index contributed by atoms with van der Waals surface area (Å²) in [4.78, 5) is 29.7. The second-order valence-corrected chi connectivity index (χ2v) is 19.5. The number of piperidine rings is 1. The standard InChI is InChI=1S/C38H47ClN6O5S/c1-24-30(39)11-8-14-36(24,6)51(48,49)45-31-12-7-10-28(29(31)21-40-45)32-25(2)44(41-33(32)43-17-13-27(46)20-38(43)15-9-16-38)26-18-37(19-26)22-42(23-37)34(47)50-35(3,4)5/h7-8,10-12,21,26H,9,13-20,22-23H2,1-6H3. The number of aromatic nitrogens is 4. The van der Waals surface area contributed by atoms with Crippen LogP contribution < -0.4 is 4.90 Å². The lowest BCUT2D eigenvalue weighted by atomic mass is 9.61. The normalized spacial score (nSPS) is 24.6. The number of likely N-dealkylation sites (tertiary alicyclic amines) is 1. The Kier molecular flexibility index (Phi) is 7.72. The SMILES string of the molecule is CC1=C(Cl)C=CCC1(C)S(=O)(=O)n1ncc2c(-c3c(N4CCC(=O)CC45CCC5)nn(C4CC5(C4)CN(C(=O)OC(C)(C)C)C5)c3C)cccc21. The van der Waals surface area contributed by atoms with Gasteiger partial charge < -0.3 is 14.5 Å². The molecule has 4 fully saturated rings. The summed E-state index contributed by atoms with van der Waals surface area (Å²) in [5, 5.41) is 11.1. The lowest BCUT2D eigenvalue weighted by Gasteiger charge is -2.58. The molecule has 2 aliphatic heterocycles. The van der Waals surface area contributed by atoms with Crippen LogP contribution in [0.15, 0.2) is 47.2 Å². The zero-order valence-corrected chi connectivity index (χ0v) is 31.9.